The minimum atomic E-state index is -0.603. The lowest BCUT2D eigenvalue weighted by Gasteiger charge is -2.15. The van der Waals surface area contributed by atoms with E-state index in [-0.39, 0.29) is 12.5 Å². The maximum Gasteiger partial charge on any atom is 0.127 e. The quantitative estimate of drug-likeness (QED) is 0.697. The smallest absolute Gasteiger partial charge is 0.127 e. The lowest BCUT2D eigenvalue weighted by molar-refractivity contribution is 0.577. The van der Waals surface area contributed by atoms with Crippen LogP contribution in [0.15, 0.2) is 52.6 Å². The van der Waals surface area contributed by atoms with Gasteiger partial charge in [-0.1, -0.05) is 25.6 Å². The summed E-state index contributed by atoms with van der Waals surface area (Å²) in [6, 6.07) is 7.36. The van der Waals surface area contributed by atoms with Crippen molar-refractivity contribution in [3.05, 3.63) is 71.4 Å². The van der Waals surface area contributed by atoms with Gasteiger partial charge in [-0.2, -0.15) is 0 Å². The summed E-state index contributed by atoms with van der Waals surface area (Å²) in [5.74, 6) is -0.293. The third-order valence-electron chi connectivity index (χ3n) is 3.92. The number of halogens is 2. The Kier molecular flexibility index (Phi) is 5.68. The third-order valence-corrected chi connectivity index (χ3v) is 4.89. The average Bonchev–Trinajstić information content (AvgIpc) is 2.92. The SMILES string of the molecule is CC(C)c1c(Sc2cc(F)cc(F)c2)nc(CN)n1Cc1ccncc1. The molecular weight excluding hydrogens is 354 g/mol. The normalized spacial score (nSPS) is 11.3. The van der Waals surface area contributed by atoms with Crippen LogP contribution in [-0.4, -0.2) is 14.5 Å². The van der Waals surface area contributed by atoms with Crippen LogP contribution < -0.4 is 5.73 Å². The van der Waals surface area contributed by atoms with Crippen molar-refractivity contribution in [3.8, 4) is 0 Å². The number of hydrogen-bond donors (Lipinski definition) is 1. The van der Waals surface area contributed by atoms with Crippen molar-refractivity contribution in [1.82, 2.24) is 14.5 Å². The third kappa shape index (κ3) is 4.11. The van der Waals surface area contributed by atoms with Crippen LogP contribution in [0.4, 0.5) is 8.78 Å². The molecule has 2 heterocycles. The Bertz CT molecular complexity index is 874. The monoisotopic (exact) mass is 374 g/mol. The molecule has 0 atom stereocenters. The predicted octanol–water partition coefficient (Wildman–Crippen LogP) is 4.34. The highest BCUT2D eigenvalue weighted by molar-refractivity contribution is 7.99. The number of hydrogen-bond acceptors (Lipinski definition) is 4. The molecule has 0 radical (unpaired) electrons. The molecule has 2 N–H and O–H groups in total. The van der Waals surface area contributed by atoms with Crippen molar-refractivity contribution in [2.24, 2.45) is 5.73 Å². The van der Waals surface area contributed by atoms with Crippen molar-refractivity contribution in [2.45, 2.75) is 42.8 Å². The first-order chi connectivity index (χ1) is 12.5. The maximum absolute atomic E-state index is 13.5. The molecule has 0 spiro atoms. The van der Waals surface area contributed by atoms with E-state index in [4.69, 9.17) is 5.73 Å². The number of rotatable bonds is 6. The van der Waals surface area contributed by atoms with Gasteiger partial charge in [0.2, 0.25) is 0 Å². The van der Waals surface area contributed by atoms with Crippen LogP contribution in [0.25, 0.3) is 0 Å². The number of nitrogens with zero attached hydrogens (tertiary/aromatic N) is 3. The van der Waals surface area contributed by atoms with Gasteiger partial charge in [-0.25, -0.2) is 13.8 Å². The molecule has 0 unspecified atom stereocenters. The standard InChI is InChI=1S/C19H20F2N4S/c1-12(2)18-19(26-16-8-14(20)7-15(21)9-16)24-17(10-22)25(18)11-13-3-5-23-6-4-13/h3-9,12H,10-11,22H2,1-2H3. The summed E-state index contributed by atoms with van der Waals surface area (Å²) in [4.78, 5) is 9.15. The van der Waals surface area contributed by atoms with Gasteiger partial charge in [0.15, 0.2) is 0 Å². The summed E-state index contributed by atoms with van der Waals surface area (Å²) in [7, 11) is 0. The summed E-state index contributed by atoms with van der Waals surface area (Å²) in [5, 5.41) is 0.722. The second-order valence-electron chi connectivity index (χ2n) is 6.23. The predicted molar refractivity (Wildman–Crippen MR) is 98.0 cm³/mol. The topological polar surface area (TPSA) is 56.7 Å². The molecule has 0 aliphatic heterocycles. The summed E-state index contributed by atoms with van der Waals surface area (Å²) >= 11 is 1.25. The van der Waals surface area contributed by atoms with Crippen LogP contribution >= 0.6 is 11.8 Å². The van der Waals surface area contributed by atoms with Gasteiger partial charge in [0.1, 0.15) is 22.5 Å². The Morgan fingerprint density at radius 1 is 1.12 bits per heavy atom. The average molecular weight is 374 g/mol. The molecule has 3 aromatic rings. The zero-order chi connectivity index (χ0) is 18.7. The lowest BCUT2D eigenvalue weighted by atomic mass is 10.1. The second-order valence-corrected chi connectivity index (χ2v) is 7.29. The van der Waals surface area contributed by atoms with E-state index < -0.39 is 11.6 Å². The minimum absolute atomic E-state index is 0.172. The van der Waals surface area contributed by atoms with E-state index in [0.717, 1.165) is 28.2 Å². The number of nitrogens with two attached hydrogens (primary N) is 1. The summed E-state index contributed by atoms with van der Waals surface area (Å²) < 4.78 is 29.1. The maximum atomic E-state index is 13.5. The van der Waals surface area contributed by atoms with Crippen LogP contribution in [-0.2, 0) is 13.1 Å². The number of benzene rings is 1. The fourth-order valence-corrected chi connectivity index (χ4v) is 3.99. The molecule has 136 valence electrons. The Hall–Kier alpha value is -2.25. The molecule has 26 heavy (non-hydrogen) atoms. The van der Waals surface area contributed by atoms with E-state index in [1.807, 2.05) is 12.1 Å². The van der Waals surface area contributed by atoms with Crippen LogP contribution in [0, 0.1) is 11.6 Å². The van der Waals surface area contributed by atoms with Crippen LogP contribution in [0.3, 0.4) is 0 Å². The highest BCUT2D eigenvalue weighted by atomic mass is 32.2. The molecule has 0 bridgehead atoms. The Morgan fingerprint density at radius 2 is 1.77 bits per heavy atom. The van der Waals surface area contributed by atoms with Crippen molar-refractivity contribution >= 4 is 11.8 Å². The first-order valence-electron chi connectivity index (χ1n) is 8.30. The molecule has 4 nitrogen and oxygen atoms in total. The van der Waals surface area contributed by atoms with E-state index in [0.29, 0.717) is 11.4 Å². The van der Waals surface area contributed by atoms with E-state index in [9.17, 15) is 8.78 Å². The van der Waals surface area contributed by atoms with Gasteiger partial charge < -0.3 is 10.3 Å². The highest BCUT2D eigenvalue weighted by Gasteiger charge is 2.20. The zero-order valence-corrected chi connectivity index (χ0v) is 15.4. The molecule has 0 saturated carbocycles. The zero-order valence-electron chi connectivity index (χ0n) is 14.6. The van der Waals surface area contributed by atoms with Crippen molar-refractivity contribution in [1.29, 1.82) is 0 Å². The van der Waals surface area contributed by atoms with Gasteiger partial charge in [0, 0.05) is 29.9 Å². The van der Waals surface area contributed by atoms with Gasteiger partial charge in [-0.3, -0.25) is 4.98 Å². The molecule has 0 aliphatic rings. The first kappa shape index (κ1) is 18.5. The van der Waals surface area contributed by atoms with E-state index >= 15 is 0 Å². The van der Waals surface area contributed by atoms with E-state index in [2.05, 4.69) is 28.4 Å². The Labute approximate surface area is 155 Å². The molecule has 1 aromatic carbocycles. The molecule has 0 amide bonds. The van der Waals surface area contributed by atoms with Crippen LogP contribution in [0.1, 0.15) is 36.8 Å². The number of aromatic nitrogens is 3. The first-order valence-corrected chi connectivity index (χ1v) is 9.11. The number of imidazole rings is 1. The highest BCUT2D eigenvalue weighted by Crippen LogP contribution is 2.35. The fraction of sp³-hybridized carbons (Fsp3) is 0.263. The summed E-state index contributed by atoms with van der Waals surface area (Å²) in [5.41, 5.74) is 7.99. The van der Waals surface area contributed by atoms with E-state index in [1.165, 1.54) is 23.9 Å². The van der Waals surface area contributed by atoms with Crippen molar-refractivity contribution in [3.63, 3.8) is 0 Å². The van der Waals surface area contributed by atoms with Crippen molar-refractivity contribution < 1.29 is 8.78 Å². The number of pyridine rings is 1. The summed E-state index contributed by atoms with van der Waals surface area (Å²) in [6.07, 6.45) is 3.49. The Morgan fingerprint density at radius 3 is 2.35 bits per heavy atom. The van der Waals surface area contributed by atoms with Gasteiger partial charge in [0.25, 0.3) is 0 Å². The molecule has 0 fully saturated rings. The molecular formula is C19H20F2N4S. The van der Waals surface area contributed by atoms with Crippen LogP contribution in [0.5, 0.6) is 0 Å². The van der Waals surface area contributed by atoms with Crippen LogP contribution in [0.2, 0.25) is 0 Å². The van der Waals surface area contributed by atoms with Gasteiger partial charge >= 0.3 is 0 Å². The van der Waals surface area contributed by atoms with Gasteiger partial charge in [-0.05, 0) is 35.7 Å². The summed E-state index contributed by atoms with van der Waals surface area (Å²) in [6.45, 7) is 5.03. The van der Waals surface area contributed by atoms with Gasteiger partial charge in [-0.15, -0.1) is 0 Å². The molecule has 0 saturated heterocycles. The lowest BCUT2D eigenvalue weighted by Crippen LogP contribution is -2.12. The van der Waals surface area contributed by atoms with E-state index in [1.54, 1.807) is 12.4 Å². The molecule has 0 aliphatic carbocycles. The minimum Gasteiger partial charge on any atom is -0.325 e. The molecule has 3 rings (SSSR count). The molecule has 2 aromatic heterocycles. The van der Waals surface area contributed by atoms with Crippen molar-refractivity contribution in [2.75, 3.05) is 0 Å². The largest absolute Gasteiger partial charge is 0.325 e. The molecule has 7 heteroatoms. The fourth-order valence-electron chi connectivity index (χ4n) is 2.83. The Balaban J connectivity index is 2.02. The van der Waals surface area contributed by atoms with Gasteiger partial charge in [0.05, 0.1) is 12.2 Å². The second kappa shape index (κ2) is 7.97.